The van der Waals surface area contributed by atoms with Gasteiger partial charge in [-0.1, -0.05) is 54.2 Å². The minimum Gasteiger partial charge on any atom is -0.476 e. The first-order valence-electron chi connectivity index (χ1n) is 7.41. The van der Waals surface area contributed by atoms with Crippen molar-refractivity contribution in [2.24, 2.45) is 10.9 Å². The first-order valence-corrected chi connectivity index (χ1v) is 8.29. The van der Waals surface area contributed by atoms with Crippen molar-refractivity contribution in [2.75, 3.05) is 0 Å². The molecule has 4 nitrogen and oxygen atoms in total. The Hall–Kier alpha value is -2.40. The van der Waals surface area contributed by atoms with Crippen LogP contribution in [0.25, 0.3) is 0 Å². The molecule has 0 bridgehead atoms. The zero-order chi connectivity index (χ0) is 15.6. The number of para-hydroxylation sites is 1. The Morgan fingerprint density at radius 3 is 2.30 bits per heavy atom. The zero-order valence-corrected chi connectivity index (χ0v) is 12.7. The molecule has 1 aliphatic carbocycles. The molecule has 5 rings (SSSR count). The van der Waals surface area contributed by atoms with Gasteiger partial charge in [-0.15, -0.1) is 0 Å². The summed E-state index contributed by atoms with van der Waals surface area (Å²) in [7, 11) is 0. The Morgan fingerprint density at radius 1 is 0.913 bits per heavy atom. The van der Waals surface area contributed by atoms with Gasteiger partial charge in [0.05, 0.1) is 5.04 Å². The van der Waals surface area contributed by atoms with Crippen molar-refractivity contribution < 1.29 is 14.3 Å². The van der Waals surface area contributed by atoms with Gasteiger partial charge in [-0.05, 0) is 6.07 Å². The van der Waals surface area contributed by atoms with E-state index < -0.39 is 5.92 Å². The molecular formula is C18H11NO3S. The SMILES string of the molecule is O=C1c2ccccc2C(=O)C1C1=NC2c3ccccc3OC2S1. The number of hydrogen-bond donors (Lipinski definition) is 0. The molecule has 2 heterocycles. The topological polar surface area (TPSA) is 55.7 Å². The quantitative estimate of drug-likeness (QED) is 0.756. The Morgan fingerprint density at radius 2 is 1.57 bits per heavy atom. The van der Waals surface area contributed by atoms with Crippen molar-refractivity contribution >= 4 is 28.4 Å². The number of Topliss-reactive ketones (excluding diaryl/α,β-unsaturated/α-hetero) is 2. The highest BCUT2D eigenvalue weighted by atomic mass is 32.2. The van der Waals surface area contributed by atoms with Crippen LogP contribution >= 0.6 is 11.8 Å². The lowest BCUT2D eigenvalue weighted by Gasteiger charge is -2.09. The summed E-state index contributed by atoms with van der Waals surface area (Å²) in [6, 6.07) is 14.6. The summed E-state index contributed by atoms with van der Waals surface area (Å²) in [5, 5.41) is 0.584. The van der Waals surface area contributed by atoms with Crippen LogP contribution in [0.4, 0.5) is 0 Å². The lowest BCUT2D eigenvalue weighted by atomic mass is 10.0. The molecule has 2 unspecified atom stereocenters. The van der Waals surface area contributed by atoms with Gasteiger partial charge in [0.2, 0.25) is 0 Å². The molecule has 5 heteroatoms. The second-order valence-corrected chi connectivity index (χ2v) is 6.88. The van der Waals surface area contributed by atoms with Crippen LogP contribution in [-0.4, -0.2) is 22.0 Å². The molecule has 2 aliphatic heterocycles. The van der Waals surface area contributed by atoms with E-state index in [1.165, 1.54) is 11.8 Å². The Bertz CT molecular complexity index is 870. The molecule has 0 saturated carbocycles. The maximum Gasteiger partial charge on any atom is 0.181 e. The molecule has 23 heavy (non-hydrogen) atoms. The van der Waals surface area contributed by atoms with Gasteiger partial charge in [-0.25, -0.2) is 0 Å². The van der Waals surface area contributed by atoms with E-state index in [2.05, 4.69) is 4.99 Å². The van der Waals surface area contributed by atoms with Crippen LogP contribution in [0.5, 0.6) is 5.75 Å². The summed E-state index contributed by atoms with van der Waals surface area (Å²) in [5.41, 5.74) is 1.86. The number of carbonyl (C=O) groups is 2. The fourth-order valence-corrected chi connectivity index (χ4v) is 4.63. The van der Waals surface area contributed by atoms with Gasteiger partial charge >= 0.3 is 0 Å². The van der Waals surface area contributed by atoms with E-state index in [0.29, 0.717) is 16.2 Å². The second kappa shape index (κ2) is 4.55. The molecule has 0 saturated heterocycles. The predicted octanol–water partition coefficient (Wildman–Crippen LogP) is 3.29. The van der Waals surface area contributed by atoms with Crippen molar-refractivity contribution in [3.8, 4) is 5.75 Å². The summed E-state index contributed by atoms with van der Waals surface area (Å²) in [6.45, 7) is 0. The molecule has 2 aromatic rings. The number of ether oxygens (including phenoxy) is 1. The summed E-state index contributed by atoms with van der Waals surface area (Å²) in [6.07, 6.45) is 0. The van der Waals surface area contributed by atoms with E-state index in [0.717, 1.165) is 11.3 Å². The Kier molecular flexibility index (Phi) is 2.59. The van der Waals surface area contributed by atoms with Gasteiger partial charge in [0.1, 0.15) is 17.7 Å². The minimum atomic E-state index is -0.793. The van der Waals surface area contributed by atoms with E-state index in [1.54, 1.807) is 24.3 Å². The van der Waals surface area contributed by atoms with Gasteiger partial charge in [0.15, 0.2) is 17.0 Å². The number of aliphatic imine (C=N–C) groups is 1. The van der Waals surface area contributed by atoms with Crippen LogP contribution < -0.4 is 4.74 Å². The number of hydrogen-bond acceptors (Lipinski definition) is 5. The summed E-state index contributed by atoms with van der Waals surface area (Å²) < 4.78 is 5.89. The zero-order valence-electron chi connectivity index (χ0n) is 11.9. The molecule has 0 spiro atoms. The number of benzene rings is 2. The van der Waals surface area contributed by atoms with Gasteiger partial charge in [0, 0.05) is 16.7 Å². The minimum absolute atomic E-state index is 0.129. The summed E-state index contributed by atoms with van der Waals surface area (Å²) >= 11 is 1.40. The third-order valence-electron chi connectivity index (χ3n) is 4.47. The van der Waals surface area contributed by atoms with E-state index in [9.17, 15) is 9.59 Å². The molecule has 3 aliphatic rings. The molecular weight excluding hydrogens is 310 g/mol. The maximum atomic E-state index is 12.6. The van der Waals surface area contributed by atoms with Crippen LogP contribution in [0.15, 0.2) is 53.5 Å². The first kappa shape index (κ1) is 13.1. The van der Waals surface area contributed by atoms with Crippen LogP contribution in [0.3, 0.4) is 0 Å². The molecule has 0 amide bonds. The molecule has 0 fully saturated rings. The average Bonchev–Trinajstić information content (AvgIpc) is 3.19. The van der Waals surface area contributed by atoms with Crippen molar-refractivity contribution in [1.29, 1.82) is 0 Å². The lowest BCUT2D eigenvalue weighted by Crippen LogP contribution is -2.23. The lowest BCUT2D eigenvalue weighted by molar-refractivity contribution is 0.0885. The standard InChI is InChI=1S/C18H11NO3S/c20-15-9-5-1-2-6-10(9)16(21)13(15)17-19-14-11-7-3-4-8-12(11)22-18(14)23-17/h1-8,13-14,18H. The van der Waals surface area contributed by atoms with Gasteiger partial charge in [0.25, 0.3) is 0 Å². The van der Waals surface area contributed by atoms with Crippen LogP contribution in [0.1, 0.15) is 32.3 Å². The first-order chi connectivity index (χ1) is 11.2. The third kappa shape index (κ3) is 1.71. The van der Waals surface area contributed by atoms with E-state index >= 15 is 0 Å². The van der Waals surface area contributed by atoms with Gasteiger partial charge in [-0.3, -0.25) is 14.6 Å². The molecule has 0 radical (unpaired) electrons. The Labute approximate surface area is 136 Å². The highest BCUT2D eigenvalue weighted by Crippen LogP contribution is 2.50. The molecule has 0 N–H and O–H groups in total. The maximum absolute atomic E-state index is 12.6. The molecule has 2 aromatic carbocycles. The van der Waals surface area contributed by atoms with Crippen molar-refractivity contribution in [3.05, 3.63) is 65.2 Å². The number of thioether (sulfide) groups is 1. The number of ketones is 2. The molecule has 2 atom stereocenters. The van der Waals surface area contributed by atoms with Crippen molar-refractivity contribution in [2.45, 2.75) is 11.5 Å². The van der Waals surface area contributed by atoms with Crippen LogP contribution in [-0.2, 0) is 0 Å². The monoisotopic (exact) mass is 321 g/mol. The fourth-order valence-electron chi connectivity index (χ4n) is 3.38. The number of carbonyl (C=O) groups excluding carboxylic acids is 2. The fraction of sp³-hybridized carbons (Fsp3) is 0.167. The van der Waals surface area contributed by atoms with Gasteiger partial charge in [-0.2, -0.15) is 0 Å². The summed E-state index contributed by atoms with van der Waals surface area (Å²) in [4.78, 5) is 29.9. The highest BCUT2D eigenvalue weighted by molar-refractivity contribution is 8.14. The van der Waals surface area contributed by atoms with E-state index in [1.807, 2.05) is 24.3 Å². The second-order valence-electron chi connectivity index (χ2n) is 5.76. The van der Waals surface area contributed by atoms with Crippen LogP contribution in [0, 0.1) is 5.92 Å². The normalized spacial score (nSPS) is 25.0. The highest BCUT2D eigenvalue weighted by Gasteiger charge is 2.48. The number of rotatable bonds is 1. The molecule has 112 valence electrons. The van der Waals surface area contributed by atoms with E-state index in [4.69, 9.17) is 4.74 Å². The van der Waals surface area contributed by atoms with E-state index in [-0.39, 0.29) is 23.0 Å². The summed E-state index contributed by atoms with van der Waals surface area (Å²) in [5.74, 6) is -0.251. The third-order valence-corrected chi connectivity index (χ3v) is 5.64. The average molecular weight is 321 g/mol. The smallest absolute Gasteiger partial charge is 0.181 e. The van der Waals surface area contributed by atoms with Crippen LogP contribution in [0.2, 0.25) is 0 Å². The van der Waals surface area contributed by atoms with Gasteiger partial charge < -0.3 is 4.74 Å². The van der Waals surface area contributed by atoms with Crippen molar-refractivity contribution in [1.82, 2.24) is 0 Å². The largest absolute Gasteiger partial charge is 0.476 e. The Balaban J connectivity index is 1.54. The number of nitrogens with zero attached hydrogens (tertiary/aromatic N) is 1. The number of fused-ring (bicyclic) bond motifs is 4. The molecule has 0 aromatic heterocycles. The van der Waals surface area contributed by atoms with Crippen molar-refractivity contribution in [3.63, 3.8) is 0 Å². The predicted molar refractivity (Wildman–Crippen MR) is 87.2 cm³/mol.